The molecule has 1 rings (SSSR count). The molecule has 0 atom stereocenters. The van der Waals surface area contributed by atoms with Crippen LogP contribution in [0.25, 0.3) is 0 Å². The Hall–Kier alpha value is -0.550. The molecule has 0 spiro atoms. The Labute approximate surface area is 107 Å². The van der Waals surface area contributed by atoms with Gasteiger partial charge in [0.1, 0.15) is 0 Å². The van der Waals surface area contributed by atoms with Crippen LogP contribution in [0.5, 0.6) is 0 Å². The molecule has 2 N–H and O–H groups in total. The van der Waals surface area contributed by atoms with E-state index in [2.05, 4.69) is 0 Å². The van der Waals surface area contributed by atoms with Crippen molar-refractivity contribution >= 4 is 53.1 Å². The van der Waals surface area contributed by atoms with Gasteiger partial charge in [0, 0.05) is 34.6 Å². The van der Waals surface area contributed by atoms with Crippen LogP contribution in [0.4, 0.5) is 0 Å². The fourth-order valence-corrected chi connectivity index (χ4v) is 1.05. The normalized spacial score (nSPS) is 8.93. The SMILES string of the molecule is O=C(O)c1ccc(Cl)cc1C(=O)O.[Na]. The van der Waals surface area contributed by atoms with Crippen molar-refractivity contribution in [2.75, 3.05) is 0 Å². The fraction of sp³-hybridized carbons (Fsp3) is 0. The molecule has 0 saturated heterocycles. The molecule has 1 aromatic carbocycles. The Morgan fingerprint density at radius 2 is 1.57 bits per heavy atom. The van der Waals surface area contributed by atoms with Gasteiger partial charge in [-0.15, -0.1) is 0 Å². The molecule has 0 aliphatic heterocycles. The van der Waals surface area contributed by atoms with E-state index in [0.717, 1.165) is 12.1 Å². The van der Waals surface area contributed by atoms with E-state index in [9.17, 15) is 9.59 Å². The predicted octanol–water partition coefficient (Wildman–Crippen LogP) is 1.36. The Kier molecular flexibility index (Phi) is 5.15. The molecule has 0 aliphatic carbocycles. The Balaban J connectivity index is 0.00000169. The van der Waals surface area contributed by atoms with Crippen LogP contribution in [0.15, 0.2) is 18.2 Å². The fourth-order valence-electron chi connectivity index (χ4n) is 0.880. The third-order valence-electron chi connectivity index (χ3n) is 1.44. The number of hydrogen-bond acceptors (Lipinski definition) is 2. The van der Waals surface area contributed by atoms with Gasteiger partial charge >= 0.3 is 11.9 Å². The van der Waals surface area contributed by atoms with Crippen molar-refractivity contribution in [1.29, 1.82) is 0 Å². The van der Waals surface area contributed by atoms with Crippen molar-refractivity contribution in [3.05, 3.63) is 34.3 Å². The van der Waals surface area contributed by atoms with Crippen LogP contribution in [0.2, 0.25) is 5.02 Å². The summed E-state index contributed by atoms with van der Waals surface area (Å²) in [6.07, 6.45) is 0. The molecule has 1 aromatic rings. The maximum absolute atomic E-state index is 10.6. The molecule has 0 aromatic heterocycles. The zero-order valence-corrected chi connectivity index (χ0v) is 10.1. The average Bonchev–Trinajstić information content (AvgIpc) is 2.03. The molecule has 4 nitrogen and oxygen atoms in total. The quantitative estimate of drug-likeness (QED) is 0.743. The summed E-state index contributed by atoms with van der Waals surface area (Å²) in [5.41, 5.74) is -0.572. The third kappa shape index (κ3) is 2.99. The van der Waals surface area contributed by atoms with E-state index in [1.165, 1.54) is 6.07 Å². The zero-order valence-electron chi connectivity index (χ0n) is 7.32. The standard InChI is InChI=1S/C8H5ClO4.Na/c9-4-1-2-5(7(10)11)6(3-4)8(12)13;/h1-3H,(H,10,11)(H,12,13);. The number of carbonyl (C=O) groups is 2. The number of carboxylic acid groups (broad SMARTS) is 2. The van der Waals surface area contributed by atoms with E-state index >= 15 is 0 Å². The summed E-state index contributed by atoms with van der Waals surface area (Å²) in [6.45, 7) is 0. The van der Waals surface area contributed by atoms with Crippen LogP contribution < -0.4 is 0 Å². The van der Waals surface area contributed by atoms with Crippen LogP contribution in [-0.2, 0) is 0 Å². The molecule has 0 unspecified atom stereocenters. The van der Waals surface area contributed by atoms with Gasteiger partial charge in [-0.05, 0) is 18.2 Å². The van der Waals surface area contributed by atoms with Gasteiger partial charge in [0.05, 0.1) is 11.1 Å². The second-order valence-electron chi connectivity index (χ2n) is 2.30. The average molecular weight is 224 g/mol. The topological polar surface area (TPSA) is 74.6 Å². The number of aromatic carboxylic acids is 2. The largest absolute Gasteiger partial charge is 0.478 e. The summed E-state index contributed by atoms with van der Waals surface area (Å²) in [5, 5.41) is 17.4. The third-order valence-corrected chi connectivity index (χ3v) is 1.68. The van der Waals surface area contributed by atoms with Crippen molar-refractivity contribution in [2.24, 2.45) is 0 Å². The molecule has 6 heteroatoms. The zero-order chi connectivity index (χ0) is 10.0. The van der Waals surface area contributed by atoms with Gasteiger partial charge in [0.15, 0.2) is 0 Å². The number of benzene rings is 1. The number of carboxylic acids is 2. The van der Waals surface area contributed by atoms with Gasteiger partial charge in [0.25, 0.3) is 0 Å². The minimum atomic E-state index is -1.31. The maximum atomic E-state index is 10.6. The summed E-state index contributed by atoms with van der Waals surface area (Å²) in [7, 11) is 0. The predicted molar refractivity (Wildman–Crippen MR) is 51.1 cm³/mol. The first kappa shape index (κ1) is 13.4. The first-order valence-electron chi connectivity index (χ1n) is 3.28. The van der Waals surface area contributed by atoms with Gasteiger partial charge < -0.3 is 10.2 Å². The minimum absolute atomic E-state index is 0. The molecular weight excluding hydrogens is 219 g/mol. The van der Waals surface area contributed by atoms with E-state index in [1.54, 1.807) is 0 Å². The molecule has 0 heterocycles. The van der Waals surface area contributed by atoms with Crippen LogP contribution in [0.3, 0.4) is 0 Å². The first-order valence-corrected chi connectivity index (χ1v) is 3.66. The van der Waals surface area contributed by atoms with Crippen molar-refractivity contribution in [3.63, 3.8) is 0 Å². The summed E-state index contributed by atoms with van der Waals surface area (Å²) in [4.78, 5) is 21.1. The molecule has 0 aliphatic rings. The molecule has 14 heavy (non-hydrogen) atoms. The molecule has 0 amide bonds. The smallest absolute Gasteiger partial charge is 0.336 e. The maximum Gasteiger partial charge on any atom is 0.336 e. The molecule has 1 radical (unpaired) electrons. The van der Waals surface area contributed by atoms with Crippen molar-refractivity contribution < 1.29 is 19.8 Å². The summed E-state index contributed by atoms with van der Waals surface area (Å²) in [5.74, 6) is -2.59. The Morgan fingerprint density at radius 3 is 2.00 bits per heavy atom. The molecule has 0 saturated carbocycles. The summed E-state index contributed by atoms with van der Waals surface area (Å²) < 4.78 is 0. The minimum Gasteiger partial charge on any atom is -0.478 e. The van der Waals surface area contributed by atoms with Crippen molar-refractivity contribution in [3.8, 4) is 0 Å². The molecular formula is C8H5ClNaO4. The van der Waals surface area contributed by atoms with Crippen LogP contribution in [0, 0.1) is 0 Å². The first-order chi connectivity index (χ1) is 6.02. The van der Waals surface area contributed by atoms with Gasteiger partial charge in [-0.25, -0.2) is 9.59 Å². The monoisotopic (exact) mass is 223 g/mol. The number of rotatable bonds is 2. The van der Waals surface area contributed by atoms with Gasteiger partial charge in [-0.3, -0.25) is 0 Å². The van der Waals surface area contributed by atoms with Crippen LogP contribution in [0.1, 0.15) is 20.7 Å². The number of halogens is 1. The molecule has 0 bridgehead atoms. The van der Waals surface area contributed by atoms with E-state index in [-0.39, 0.29) is 45.7 Å². The molecule has 0 fully saturated rings. The Bertz CT molecular complexity index is 378. The van der Waals surface area contributed by atoms with E-state index < -0.39 is 11.9 Å². The second kappa shape index (κ2) is 5.36. The summed E-state index contributed by atoms with van der Waals surface area (Å²) >= 11 is 5.51. The van der Waals surface area contributed by atoms with Crippen LogP contribution >= 0.6 is 11.6 Å². The van der Waals surface area contributed by atoms with Gasteiger partial charge in [-0.1, -0.05) is 11.6 Å². The molecule has 69 valence electrons. The Morgan fingerprint density at radius 1 is 1.07 bits per heavy atom. The van der Waals surface area contributed by atoms with E-state index in [4.69, 9.17) is 21.8 Å². The van der Waals surface area contributed by atoms with Gasteiger partial charge in [-0.2, -0.15) is 0 Å². The van der Waals surface area contributed by atoms with E-state index in [1.807, 2.05) is 0 Å². The summed E-state index contributed by atoms with van der Waals surface area (Å²) in [6, 6.07) is 3.60. The van der Waals surface area contributed by atoms with Crippen molar-refractivity contribution in [1.82, 2.24) is 0 Å². The van der Waals surface area contributed by atoms with E-state index in [0.29, 0.717) is 0 Å². The van der Waals surface area contributed by atoms with Gasteiger partial charge in [0.2, 0.25) is 0 Å². The van der Waals surface area contributed by atoms with Crippen LogP contribution in [-0.4, -0.2) is 51.7 Å². The number of hydrogen-bond donors (Lipinski definition) is 2. The second-order valence-corrected chi connectivity index (χ2v) is 2.74. The van der Waals surface area contributed by atoms with Crippen molar-refractivity contribution in [2.45, 2.75) is 0 Å².